The maximum absolute atomic E-state index is 6.69. The molecule has 6 heteroatoms. The second kappa shape index (κ2) is 8.17. The van der Waals surface area contributed by atoms with Crippen LogP contribution in [-0.4, -0.2) is 35.1 Å². The van der Waals surface area contributed by atoms with Crippen molar-refractivity contribution in [2.45, 2.75) is 45.7 Å². The quantitative estimate of drug-likeness (QED) is 0.448. The molecule has 0 N–H and O–H groups in total. The average molecular weight is 431 g/mol. The number of nitrogens with zero attached hydrogens (tertiary/aromatic N) is 4. The first-order valence-corrected chi connectivity index (χ1v) is 11.1. The van der Waals surface area contributed by atoms with E-state index < -0.39 is 0 Å². The Balaban J connectivity index is 1.80. The van der Waals surface area contributed by atoms with Crippen LogP contribution in [0.4, 0.5) is 11.6 Å². The first kappa shape index (κ1) is 20.5. The Morgan fingerprint density at radius 3 is 2.45 bits per heavy atom. The van der Waals surface area contributed by atoms with Crippen LogP contribution in [0.3, 0.4) is 0 Å². The predicted molar refractivity (Wildman–Crippen MR) is 124 cm³/mol. The van der Waals surface area contributed by atoms with Crippen molar-refractivity contribution in [3.8, 4) is 0 Å². The number of fused-ring (bicyclic) bond motifs is 3. The van der Waals surface area contributed by atoms with Crippen molar-refractivity contribution in [1.29, 1.82) is 0 Å². The minimum atomic E-state index is 0.513. The van der Waals surface area contributed by atoms with Crippen LogP contribution in [0.1, 0.15) is 43.7 Å². The summed E-state index contributed by atoms with van der Waals surface area (Å²) in [6.07, 6.45) is 2.22. The first-order valence-electron chi connectivity index (χ1n) is 10.3. The summed E-state index contributed by atoms with van der Waals surface area (Å²) in [5.41, 5.74) is 5.64. The molecule has 1 aromatic heterocycles. The van der Waals surface area contributed by atoms with Gasteiger partial charge in [0, 0.05) is 19.6 Å². The Hall–Kier alpha value is -1.75. The minimum absolute atomic E-state index is 0.513. The SMILES string of the molecule is CCC(CC)c1ccc(Cl)c2nc3n(c12)CCN3c1ccc(CN(C)C)cc1Cl. The van der Waals surface area contributed by atoms with E-state index in [2.05, 4.69) is 66.6 Å². The highest BCUT2D eigenvalue weighted by Gasteiger charge is 2.29. The molecule has 4 rings (SSSR count). The van der Waals surface area contributed by atoms with Crippen LogP contribution < -0.4 is 4.90 Å². The fourth-order valence-corrected chi connectivity index (χ4v) is 4.96. The Labute approximate surface area is 183 Å². The minimum Gasteiger partial charge on any atom is -0.309 e. The lowest BCUT2D eigenvalue weighted by Crippen LogP contribution is -2.15. The Morgan fingerprint density at radius 1 is 1.03 bits per heavy atom. The molecule has 154 valence electrons. The van der Waals surface area contributed by atoms with Crippen molar-refractivity contribution in [3.05, 3.63) is 51.5 Å². The fraction of sp³-hybridized carbons (Fsp3) is 0.435. The fourth-order valence-electron chi connectivity index (χ4n) is 4.46. The summed E-state index contributed by atoms with van der Waals surface area (Å²) in [4.78, 5) is 9.32. The number of imidazole rings is 1. The molecule has 29 heavy (non-hydrogen) atoms. The number of halogens is 2. The third-order valence-electron chi connectivity index (χ3n) is 5.87. The zero-order valence-electron chi connectivity index (χ0n) is 17.5. The van der Waals surface area contributed by atoms with Crippen LogP contribution >= 0.6 is 23.2 Å². The molecule has 0 fully saturated rings. The van der Waals surface area contributed by atoms with E-state index in [1.807, 2.05) is 6.07 Å². The molecule has 1 aliphatic rings. The van der Waals surface area contributed by atoms with E-state index >= 15 is 0 Å². The maximum Gasteiger partial charge on any atom is 0.211 e. The first-order chi connectivity index (χ1) is 13.9. The molecule has 0 unspecified atom stereocenters. The summed E-state index contributed by atoms with van der Waals surface area (Å²) in [7, 11) is 4.12. The van der Waals surface area contributed by atoms with Crippen LogP contribution in [0.5, 0.6) is 0 Å². The van der Waals surface area contributed by atoms with Crippen LogP contribution in [0.15, 0.2) is 30.3 Å². The molecule has 0 atom stereocenters. The Morgan fingerprint density at radius 2 is 1.79 bits per heavy atom. The molecule has 3 aromatic rings. The molecule has 0 saturated heterocycles. The van der Waals surface area contributed by atoms with Crippen molar-refractivity contribution < 1.29 is 0 Å². The molecule has 4 nitrogen and oxygen atoms in total. The molecule has 0 radical (unpaired) electrons. The van der Waals surface area contributed by atoms with Gasteiger partial charge < -0.3 is 14.4 Å². The van der Waals surface area contributed by atoms with Crippen molar-refractivity contribution >= 4 is 45.9 Å². The van der Waals surface area contributed by atoms with Crippen LogP contribution in [0, 0.1) is 0 Å². The lowest BCUT2D eigenvalue weighted by molar-refractivity contribution is 0.402. The number of rotatable bonds is 6. The molecule has 0 amide bonds. The summed E-state index contributed by atoms with van der Waals surface area (Å²) >= 11 is 13.2. The third kappa shape index (κ3) is 3.63. The molecule has 1 aliphatic heterocycles. The van der Waals surface area contributed by atoms with E-state index in [-0.39, 0.29) is 0 Å². The molecule has 2 aromatic carbocycles. The molecular formula is C23H28Cl2N4. The zero-order chi connectivity index (χ0) is 20.7. The smallest absolute Gasteiger partial charge is 0.211 e. The van der Waals surface area contributed by atoms with E-state index in [0.29, 0.717) is 10.9 Å². The van der Waals surface area contributed by atoms with E-state index in [4.69, 9.17) is 28.2 Å². The Kier molecular flexibility index (Phi) is 5.78. The summed E-state index contributed by atoms with van der Waals surface area (Å²) in [6.45, 7) is 7.11. The summed E-state index contributed by atoms with van der Waals surface area (Å²) in [6, 6.07) is 10.5. The van der Waals surface area contributed by atoms with Crippen LogP contribution in [0.25, 0.3) is 11.0 Å². The lowest BCUT2D eigenvalue weighted by atomic mass is 9.93. The number of benzene rings is 2. The van der Waals surface area contributed by atoms with Gasteiger partial charge in [0.25, 0.3) is 0 Å². The van der Waals surface area contributed by atoms with Crippen molar-refractivity contribution in [3.63, 3.8) is 0 Å². The van der Waals surface area contributed by atoms with Crippen LogP contribution in [-0.2, 0) is 13.1 Å². The van der Waals surface area contributed by atoms with E-state index in [0.717, 1.165) is 54.7 Å². The van der Waals surface area contributed by atoms with E-state index in [1.54, 1.807) is 0 Å². The molecule has 0 spiro atoms. The van der Waals surface area contributed by atoms with Crippen molar-refractivity contribution in [1.82, 2.24) is 14.5 Å². The van der Waals surface area contributed by atoms with Crippen molar-refractivity contribution in [2.24, 2.45) is 0 Å². The zero-order valence-corrected chi connectivity index (χ0v) is 19.1. The lowest BCUT2D eigenvalue weighted by Gasteiger charge is -2.19. The summed E-state index contributed by atoms with van der Waals surface area (Å²) in [5, 5.41) is 1.47. The van der Waals surface area contributed by atoms with Gasteiger partial charge in [-0.25, -0.2) is 4.98 Å². The van der Waals surface area contributed by atoms with Gasteiger partial charge in [0.1, 0.15) is 5.52 Å². The second-order valence-corrected chi connectivity index (χ2v) is 8.90. The average Bonchev–Trinajstić information content (AvgIpc) is 3.24. The molecule has 0 aliphatic carbocycles. The number of hydrogen-bond acceptors (Lipinski definition) is 3. The largest absolute Gasteiger partial charge is 0.309 e. The van der Waals surface area contributed by atoms with Gasteiger partial charge in [-0.05, 0) is 62.2 Å². The second-order valence-electron chi connectivity index (χ2n) is 8.09. The number of aromatic nitrogens is 2. The van der Waals surface area contributed by atoms with E-state index in [9.17, 15) is 0 Å². The van der Waals surface area contributed by atoms with Gasteiger partial charge in [0.2, 0.25) is 5.95 Å². The molecular weight excluding hydrogens is 403 g/mol. The van der Waals surface area contributed by atoms with Gasteiger partial charge in [0.05, 0.1) is 21.2 Å². The molecule has 0 saturated carbocycles. The highest BCUT2D eigenvalue weighted by atomic mass is 35.5. The van der Waals surface area contributed by atoms with Gasteiger partial charge in [-0.3, -0.25) is 0 Å². The summed E-state index contributed by atoms with van der Waals surface area (Å²) < 4.78 is 2.32. The topological polar surface area (TPSA) is 24.3 Å². The predicted octanol–water partition coefficient (Wildman–Crippen LogP) is 6.46. The number of anilines is 2. The van der Waals surface area contributed by atoms with E-state index in [1.165, 1.54) is 16.6 Å². The van der Waals surface area contributed by atoms with Gasteiger partial charge in [-0.2, -0.15) is 0 Å². The molecule has 2 heterocycles. The highest BCUT2D eigenvalue weighted by Crippen LogP contribution is 2.41. The standard InChI is InChI=1S/C23H28Cl2N4/c1-5-16(6-2)17-8-9-18(24)21-22(17)29-12-11-28(23(29)26-21)20-10-7-15(13-19(20)25)14-27(3)4/h7-10,13,16H,5-6,11-12,14H2,1-4H3. The van der Waals surface area contributed by atoms with Gasteiger partial charge in [0.15, 0.2) is 0 Å². The highest BCUT2D eigenvalue weighted by molar-refractivity contribution is 6.35. The monoisotopic (exact) mass is 430 g/mol. The van der Waals surface area contributed by atoms with Crippen LogP contribution in [0.2, 0.25) is 10.0 Å². The van der Waals surface area contributed by atoms with Gasteiger partial charge >= 0.3 is 0 Å². The third-order valence-corrected chi connectivity index (χ3v) is 6.48. The maximum atomic E-state index is 6.69. The molecule has 0 bridgehead atoms. The normalized spacial score (nSPS) is 13.9. The summed E-state index contributed by atoms with van der Waals surface area (Å²) in [5.74, 6) is 1.45. The van der Waals surface area contributed by atoms with Crippen molar-refractivity contribution in [2.75, 3.05) is 25.5 Å². The Bertz CT molecular complexity index is 1040. The van der Waals surface area contributed by atoms with Gasteiger partial charge in [-0.15, -0.1) is 0 Å². The number of hydrogen-bond donors (Lipinski definition) is 0. The van der Waals surface area contributed by atoms with Gasteiger partial charge in [-0.1, -0.05) is 49.2 Å².